The average Bonchev–Trinajstić information content (AvgIpc) is 2.74. The summed E-state index contributed by atoms with van der Waals surface area (Å²) >= 11 is 1.87. The zero-order valence-electron chi connectivity index (χ0n) is 15.6. The maximum Gasteiger partial charge on any atom is 0.0526 e. The van der Waals surface area contributed by atoms with E-state index in [0.717, 1.165) is 12.8 Å². The van der Waals surface area contributed by atoms with E-state index in [1.54, 1.807) is 0 Å². The summed E-state index contributed by atoms with van der Waals surface area (Å²) in [5.74, 6) is 0. The molecule has 0 atom stereocenters. The summed E-state index contributed by atoms with van der Waals surface area (Å²) < 4.78 is 0. The molecule has 1 heterocycles. The Bertz CT molecular complexity index is 1010. The minimum Gasteiger partial charge on any atom is -0.354 e. The zero-order valence-corrected chi connectivity index (χ0v) is 16.4. The molecule has 0 radical (unpaired) electrons. The van der Waals surface area contributed by atoms with Gasteiger partial charge < -0.3 is 5.32 Å². The van der Waals surface area contributed by atoms with Crippen molar-refractivity contribution < 1.29 is 0 Å². The SMILES string of the molecule is c1ccc(Cc2ccc3c(c2)Sc2cc(Cc4ccccc4)ccc2N3)cc1. The van der Waals surface area contributed by atoms with Gasteiger partial charge >= 0.3 is 0 Å². The standard InChI is InChI=1S/C26H21NS/c1-3-7-19(8-4-1)15-21-11-13-23-25(17-21)28-26-18-22(12-14-24(26)27-23)16-20-9-5-2-6-10-20/h1-14,17-18,27H,15-16H2. The fourth-order valence-corrected chi connectivity index (χ4v) is 4.77. The first-order valence-corrected chi connectivity index (χ1v) is 10.4. The minimum absolute atomic E-state index is 0.968. The fourth-order valence-electron chi connectivity index (χ4n) is 3.66. The van der Waals surface area contributed by atoms with E-state index in [9.17, 15) is 0 Å². The van der Waals surface area contributed by atoms with Crippen LogP contribution in [-0.4, -0.2) is 0 Å². The first kappa shape index (κ1) is 17.2. The lowest BCUT2D eigenvalue weighted by Crippen LogP contribution is -2.01. The highest BCUT2D eigenvalue weighted by Crippen LogP contribution is 2.45. The number of anilines is 2. The molecule has 0 spiro atoms. The van der Waals surface area contributed by atoms with Gasteiger partial charge in [-0.05, 0) is 59.4 Å². The Hall–Kier alpha value is -2.97. The molecular weight excluding hydrogens is 358 g/mol. The first-order valence-electron chi connectivity index (χ1n) is 9.62. The second kappa shape index (κ2) is 7.57. The smallest absolute Gasteiger partial charge is 0.0526 e. The van der Waals surface area contributed by atoms with E-state index in [1.165, 1.54) is 43.4 Å². The molecule has 2 heteroatoms. The Balaban J connectivity index is 1.39. The lowest BCUT2D eigenvalue weighted by molar-refractivity contribution is 1.15. The van der Waals surface area contributed by atoms with Gasteiger partial charge in [-0.3, -0.25) is 0 Å². The zero-order chi connectivity index (χ0) is 18.8. The van der Waals surface area contributed by atoms with Crippen LogP contribution in [-0.2, 0) is 12.8 Å². The lowest BCUT2D eigenvalue weighted by atomic mass is 10.0. The van der Waals surface area contributed by atoms with Gasteiger partial charge in [-0.2, -0.15) is 0 Å². The van der Waals surface area contributed by atoms with E-state index in [2.05, 4.69) is 102 Å². The Morgan fingerprint density at radius 3 is 1.43 bits per heavy atom. The van der Waals surface area contributed by atoms with Gasteiger partial charge in [-0.1, -0.05) is 84.6 Å². The molecule has 0 aromatic heterocycles. The molecule has 0 fully saturated rings. The number of rotatable bonds is 4. The molecule has 28 heavy (non-hydrogen) atoms. The Morgan fingerprint density at radius 1 is 0.500 bits per heavy atom. The van der Waals surface area contributed by atoms with Crippen molar-refractivity contribution in [2.45, 2.75) is 22.6 Å². The van der Waals surface area contributed by atoms with Crippen LogP contribution in [0.2, 0.25) is 0 Å². The largest absolute Gasteiger partial charge is 0.354 e. The molecule has 1 aliphatic rings. The van der Waals surface area contributed by atoms with Crippen molar-refractivity contribution in [3.8, 4) is 0 Å². The van der Waals surface area contributed by atoms with Crippen LogP contribution in [0, 0.1) is 0 Å². The predicted octanol–water partition coefficient (Wildman–Crippen LogP) is 7.08. The Labute approximate surface area is 170 Å². The number of benzene rings is 4. The van der Waals surface area contributed by atoms with Gasteiger partial charge in [-0.25, -0.2) is 0 Å². The summed E-state index contributed by atoms with van der Waals surface area (Å²) in [6.07, 6.45) is 1.94. The highest BCUT2D eigenvalue weighted by Gasteiger charge is 2.16. The molecule has 1 aliphatic heterocycles. The van der Waals surface area contributed by atoms with Crippen LogP contribution < -0.4 is 5.32 Å². The summed E-state index contributed by atoms with van der Waals surface area (Å²) in [5.41, 5.74) is 7.80. The Kier molecular flexibility index (Phi) is 4.64. The summed E-state index contributed by atoms with van der Waals surface area (Å²) in [7, 11) is 0. The van der Waals surface area contributed by atoms with E-state index in [1.807, 2.05) is 11.8 Å². The van der Waals surface area contributed by atoms with Crippen molar-refractivity contribution in [3.63, 3.8) is 0 Å². The molecule has 1 nitrogen and oxygen atoms in total. The Morgan fingerprint density at radius 2 is 0.964 bits per heavy atom. The molecule has 0 saturated heterocycles. The number of hydrogen-bond acceptors (Lipinski definition) is 2. The molecule has 0 saturated carbocycles. The van der Waals surface area contributed by atoms with E-state index in [0.29, 0.717) is 0 Å². The van der Waals surface area contributed by atoms with Crippen LogP contribution in [0.4, 0.5) is 11.4 Å². The molecule has 0 unspecified atom stereocenters. The number of fused-ring (bicyclic) bond motifs is 2. The third kappa shape index (κ3) is 3.69. The fraction of sp³-hybridized carbons (Fsp3) is 0.0769. The molecule has 0 bridgehead atoms. The van der Waals surface area contributed by atoms with Crippen molar-refractivity contribution in [1.82, 2.24) is 0 Å². The van der Waals surface area contributed by atoms with Gasteiger partial charge in [0.1, 0.15) is 0 Å². The van der Waals surface area contributed by atoms with Gasteiger partial charge in [0.25, 0.3) is 0 Å². The van der Waals surface area contributed by atoms with E-state index >= 15 is 0 Å². The van der Waals surface area contributed by atoms with E-state index < -0.39 is 0 Å². The average molecular weight is 380 g/mol. The number of hydrogen-bond donors (Lipinski definition) is 1. The summed E-state index contributed by atoms with van der Waals surface area (Å²) in [6, 6.07) is 34.9. The third-order valence-electron chi connectivity index (χ3n) is 5.08. The maximum absolute atomic E-state index is 3.60. The third-order valence-corrected chi connectivity index (χ3v) is 6.20. The first-order chi connectivity index (χ1) is 13.8. The van der Waals surface area contributed by atoms with Crippen molar-refractivity contribution in [3.05, 3.63) is 119 Å². The predicted molar refractivity (Wildman–Crippen MR) is 119 cm³/mol. The van der Waals surface area contributed by atoms with Crippen LogP contribution in [0.1, 0.15) is 22.3 Å². The molecule has 4 aromatic carbocycles. The van der Waals surface area contributed by atoms with Crippen LogP contribution in [0.3, 0.4) is 0 Å². The van der Waals surface area contributed by atoms with Crippen molar-refractivity contribution in [2.24, 2.45) is 0 Å². The molecule has 5 rings (SSSR count). The van der Waals surface area contributed by atoms with Crippen LogP contribution >= 0.6 is 11.8 Å². The highest BCUT2D eigenvalue weighted by molar-refractivity contribution is 7.99. The molecular formula is C26H21NS. The van der Waals surface area contributed by atoms with Crippen molar-refractivity contribution >= 4 is 23.1 Å². The molecule has 1 N–H and O–H groups in total. The van der Waals surface area contributed by atoms with Crippen LogP contribution in [0.15, 0.2) is 107 Å². The van der Waals surface area contributed by atoms with Crippen molar-refractivity contribution in [1.29, 1.82) is 0 Å². The van der Waals surface area contributed by atoms with E-state index in [4.69, 9.17) is 0 Å². The van der Waals surface area contributed by atoms with Gasteiger partial charge in [0.05, 0.1) is 11.4 Å². The summed E-state index contributed by atoms with van der Waals surface area (Å²) in [6.45, 7) is 0. The van der Waals surface area contributed by atoms with E-state index in [-0.39, 0.29) is 0 Å². The second-order valence-corrected chi connectivity index (χ2v) is 8.30. The quantitative estimate of drug-likeness (QED) is 0.358. The van der Waals surface area contributed by atoms with Crippen LogP contribution in [0.25, 0.3) is 0 Å². The van der Waals surface area contributed by atoms with Crippen molar-refractivity contribution in [2.75, 3.05) is 5.32 Å². The molecule has 136 valence electrons. The summed E-state index contributed by atoms with van der Waals surface area (Å²) in [4.78, 5) is 2.61. The second-order valence-electron chi connectivity index (χ2n) is 7.21. The van der Waals surface area contributed by atoms with Gasteiger partial charge in [0, 0.05) is 9.79 Å². The minimum atomic E-state index is 0.968. The lowest BCUT2D eigenvalue weighted by Gasteiger charge is -2.22. The van der Waals surface area contributed by atoms with Gasteiger partial charge in [0.2, 0.25) is 0 Å². The topological polar surface area (TPSA) is 12.0 Å². The highest BCUT2D eigenvalue weighted by atomic mass is 32.2. The molecule has 4 aromatic rings. The van der Waals surface area contributed by atoms with Gasteiger partial charge in [-0.15, -0.1) is 0 Å². The molecule has 0 amide bonds. The normalized spacial score (nSPS) is 12.0. The maximum atomic E-state index is 3.60. The number of nitrogens with one attached hydrogen (secondary N) is 1. The van der Waals surface area contributed by atoms with Crippen LogP contribution in [0.5, 0.6) is 0 Å². The molecule has 0 aliphatic carbocycles. The summed E-state index contributed by atoms with van der Waals surface area (Å²) in [5, 5.41) is 3.60. The van der Waals surface area contributed by atoms with Gasteiger partial charge in [0.15, 0.2) is 0 Å². The monoisotopic (exact) mass is 379 g/mol.